The molecule has 0 aliphatic carbocycles. The molecule has 0 radical (unpaired) electrons. The summed E-state index contributed by atoms with van der Waals surface area (Å²) >= 11 is 0. The summed E-state index contributed by atoms with van der Waals surface area (Å²) in [6.07, 6.45) is 0. The van der Waals surface area contributed by atoms with Crippen LogP contribution in [-0.4, -0.2) is 15.5 Å². The Hall–Kier alpha value is 1.02. The first-order valence-corrected chi connectivity index (χ1v) is 0.577. The third-order valence-electron chi connectivity index (χ3n) is 0. The van der Waals surface area contributed by atoms with Crippen molar-refractivity contribution >= 4 is 8.41 Å². The Morgan fingerprint density at radius 3 is 1.25 bits per heavy atom. The van der Waals surface area contributed by atoms with Gasteiger partial charge in [0.05, 0.1) is 0 Å². The van der Waals surface area contributed by atoms with Gasteiger partial charge in [-0.15, -0.1) is 0 Å². The predicted molar refractivity (Wildman–Crippen MR) is 21.4 cm³/mol. The quantitative estimate of drug-likeness (QED) is 0.283. The first kappa shape index (κ1) is 19.9. The van der Waals surface area contributed by atoms with Gasteiger partial charge < -0.3 is 5.73 Å². The summed E-state index contributed by atoms with van der Waals surface area (Å²) < 4.78 is 0. The van der Waals surface area contributed by atoms with Gasteiger partial charge in [-0.1, -0.05) is 8.41 Å². The van der Waals surface area contributed by atoms with E-state index in [1.807, 2.05) is 0 Å². The van der Waals surface area contributed by atoms with E-state index in [-0.39, 0.29) is 38.0 Å². The van der Waals surface area contributed by atoms with Gasteiger partial charge in [0.25, 0.3) is 0 Å². The van der Waals surface area contributed by atoms with E-state index in [0.29, 0.717) is 0 Å². The number of nitrogens with two attached hydrogens (primary N) is 1. The van der Waals surface area contributed by atoms with Crippen LogP contribution in [0.3, 0.4) is 0 Å². The molecule has 0 atom stereocenters. The summed E-state index contributed by atoms with van der Waals surface area (Å²) in [7, 11) is 1.50. The van der Waals surface area contributed by atoms with E-state index in [2.05, 4.69) is 5.73 Å². The molecule has 0 aliphatic heterocycles. The maximum atomic E-state index is 4.50. The van der Waals surface area contributed by atoms with E-state index in [1.165, 1.54) is 7.05 Å². The second kappa shape index (κ2) is 35.1. The molecule has 0 unspecified atom stereocenters. The monoisotopic (exact) mass is 69.1 g/mol. The van der Waals surface area contributed by atoms with Gasteiger partial charge in [-0.25, -0.2) is 0 Å². The summed E-state index contributed by atoms with van der Waals surface area (Å²) in [6, 6.07) is 0. The fourth-order valence-electron chi connectivity index (χ4n) is 0. The van der Waals surface area contributed by atoms with Crippen molar-refractivity contribution in [3.63, 3.8) is 0 Å². The molecule has 0 fully saturated rings. The topological polar surface area (TPSA) is 26.0 Å². The molecule has 0 aromatic carbocycles. The molecule has 22 valence electrons. The maximum Gasteiger partial charge on any atom is 1.00 e. The molecule has 0 spiro atoms. The van der Waals surface area contributed by atoms with E-state index in [1.54, 1.807) is 0 Å². The molecular weight excluding hydrogens is 59.8 g/mol. The van der Waals surface area contributed by atoms with Crippen LogP contribution >= 0.6 is 0 Å². The molecule has 3 heteroatoms. The van der Waals surface area contributed by atoms with Gasteiger partial charge in [-0.05, 0) is 7.05 Å². The molecule has 1 nitrogen and oxygen atoms in total. The van der Waals surface area contributed by atoms with Gasteiger partial charge in [0.1, 0.15) is 0 Å². The van der Waals surface area contributed by atoms with Crippen LogP contribution in [0.25, 0.3) is 0 Å². The molecule has 0 heterocycles. The molecule has 0 aromatic heterocycles. The molecule has 0 aliphatic rings. The predicted octanol–water partition coefficient (Wildman–Crippen LogP) is -4.87. The zero-order valence-electron chi connectivity index (χ0n) is 2.58. The van der Waals surface area contributed by atoms with Crippen molar-refractivity contribution in [2.75, 3.05) is 7.05 Å². The minimum Gasteiger partial charge on any atom is -0.333 e. The normalized spacial score (nSPS) is 1.50. The smallest absolute Gasteiger partial charge is 0.333 e. The summed E-state index contributed by atoms with van der Waals surface area (Å²) in [4.78, 5) is 0. The van der Waals surface area contributed by atoms with Crippen LogP contribution < -0.4 is 35.3 Å². The Morgan fingerprint density at radius 2 is 1.25 bits per heavy atom. The minimum atomic E-state index is 0. The van der Waals surface area contributed by atoms with Crippen LogP contribution in [0.1, 0.15) is 0 Å². The molecule has 4 heavy (non-hydrogen) atoms. The molecule has 0 saturated heterocycles. The molecular formula is CH9BNNa. The molecule has 0 amide bonds. The van der Waals surface area contributed by atoms with Crippen LogP contribution in [-0.2, 0) is 0 Å². The van der Waals surface area contributed by atoms with Crippen molar-refractivity contribution in [3.05, 3.63) is 0 Å². The fraction of sp³-hybridized carbons (Fsp3) is 1.00. The van der Waals surface area contributed by atoms with Crippen molar-refractivity contribution in [1.29, 1.82) is 0 Å². The molecule has 0 aromatic rings. The van der Waals surface area contributed by atoms with Crippen LogP contribution in [0.5, 0.6) is 0 Å². The van der Waals surface area contributed by atoms with Gasteiger partial charge in [0, 0.05) is 0 Å². The standard InChI is InChI=1S/CH5N.BH4.Na/c1-2;;/h2H2,1H3;1H4;/q;-1;+1. The molecule has 0 rings (SSSR count). The van der Waals surface area contributed by atoms with Gasteiger partial charge >= 0.3 is 29.6 Å². The zero-order valence-corrected chi connectivity index (χ0v) is 4.58. The molecule has 0 saturated carbocycles. The van der Waals surface area contributed by atoms with E-state index >= 15 is 0 Å². The summed E-state index contributed by atoms with van der Waals surface area (Å²) in [6.45, 7) is 0. The SMILES string of the molecule is CN.[BH4-].[Na+]. The number of rotatable bonds is 0. The average molecular weight is 68.9 g/mol. The Balaban J connectivity index is -0.00000000500. The van der Waals surface area contributed by atoms with E-state index in [0.717, 1.165) is 0 Å². The van der Waals surface area contributed by atoms with Crippen molar-refractivity contribution in [3.8, 4) is 0 Å². The van der Waals surface area contributed by atoms with Crippen molar-refractivity contribution in [1.82, 2.24) is 0 Å². The van der Waals surface area contributed by atoms with Crippen LogP contribution in [0.15, 0.2) is 0 Å². The van der Waals surface area contributed by atoms with Crippen molar-refractivity contribution in [2.24, 2.45) is 5.73 Å². The molecule has 2 N–H and O–H groups in total. The van der Waals surface area contributed by atoms with Gasteiger partial charge in [-0.2, -0.15) is 0 Å². The molecule has 0 bridgehead atoms. The van der Waals surface area contributed by atoms with Crippen molar-refractivity contribution < 1.29 is 29.6 Å². The minimum absolute atomic E-state index is 0. The first-order chi connectivity index (χ1) is 1.00. The van der Waals surface area contributed by atoms with Crippen molar-refractivity contribution in [2.45, 2.75) is 0 Å². The number of hydrogen-bond donors (Lipinski definition) is 1. The van der Waals surface area contributed by atoms with Gasteiger partial charge in [0.2, 0.25) is 0 Å². The Morgan fingerprint density at radius 1 is 1.25 bits per heavy atom. The van der Waals surface area contributed by atoms with Gasteiger partial charge in [0.15, 0.2) is 0 Å². The second-order valence-electron chi connectivity index (χ2n) is 0. The third-order valence-corrected chi connectivity index (χ3v) is 0. The van der Waals surface area contributed by atoms with Crippen LogP contribution in [0.4, 0.5) is 0 Å². The van der Waals surface area contributed by atoms with Crippen LogP contribution in [0, 0.1) is 0 Å². The maximum absolute atomic E-state index is 4.50. The van der Waals surface area contributed by atoms with Gasteiger partial charge in [-0.3, -0.25) is 0 Å². The third kappa shape index (κ3) is 11.8. The summed E-state index contributed by atoms with van der Waals surface area (Å²) in [5.41, 5.74) is 4.50. The zero-order chi connectivity index (χ0) is 2.00. The first-order valence-electron chi connectivity index (χ1n) is 0.577. The fourth-order valence-corrected chi connectivity index (χ4v) is 0. The number of hydrogen-bond acceptors (Lipinski definition) is 1. The largest absolute Gasteiger partial charge is 1.00 e. The Kier molecular flexibility index (Phi) is 174. The van der Waals surface area contributed by atoms with E-state index in [4.69, 9.17) is 0 Å². The Bertz CT molecular complexity index is 8.00. The Labute approximate surface area is 50.8 Å². The summed E-state index contributed by atoms with van der Waals surface area (Å²) in [5.74, 6) is 0. The van der Waals surface area contributed by atoms with E-state index in [9.17, 15) is 0 Å². The van der Waals surface area contributed by atoms with Crippen LogP contribution in [0.2, 0.25) is 0 Å². The second-order valence-corrected chi connectivity index (χ2v) is 0. The van der Waals surface area contributed by atoms with E-state index < -0.39 is 0 Å². The average Bonchev–Trinajstić information content (AvgIpc) is 1.00. The summed E-state index contributed by atoms with van der Waals surface area (Å²) in [5, 5.41) is 0.